The van der Waals surface area contributed by atoms with Crippen molar-refractivity contribution in [1.82, 2.24) is 0 Å². The molecular formula is C17H13ClO2. The van der Waals surface area contributed by atoms with Crippen LogP contribution in [0.1, 0.15) is 21.7 Å². The molecule has 2 nitrogen and oxygen atoms in total. The van der Waals surface area contributed by atoms with Crippen molar-refractivity contribution in [3.05, 3.63) is 70.4 Å². The number of carbonyl (C=O) groups is 1. The van der Waals surface area contributed by atoms with Gasteiger partial charge in [-0.3, -0.25) is 4.79 Å². The molecule has 100 valence electrons. The number of rotatable bonds is 3. The van der Waals surface area contributed by atoms with Crippen LogP contribution in [0.5, 0.6) is 0 Å². The summed E-state index contributed by atoms with van der Waals surface area (Å²) in [4.78, 5) is 12.3. The molecule has 0 spiro atoms. The van der Waals surface area contributed by atoms with Gasteiger partial charge in [0.25, 0.3) is 0 Å². The third kappa shape index (κ3) is 2.47. The predicted molar refractivity (Wildman–Crippen MR) is 80.4 cm³/mol. The van der Waals surface area contributed by atoms with Crippen LogP contribution in [0.3, 0.4) is 0 Å². The lowest BCUT2D eigenvalue weighted by Crippen LogP contribution is -2.02. The Morgan fingerprint density at radius 2 is 1.95 bits per heavy atom. The van der Waals surface area contributed by atoms with Crippen LogP contribution in [0.25, 0.3) is 11.0 Å². The molecule has 0 bridgehead atoms. The first-order valence-corrected chi connectivity index (χ1v) is 6.78. The molecule has 0 aliphatic carbocycles. The normalized spacial score (nSPS) is 10.9. The van der Waals surface area contributed by atoms with Gasteiger partial charge in [0.2, 0.25) is 5.78 Å². The predicted octanol–water partition coefficient (Wildman–Crippen LogP) is 4.82. The van der Waals surface area contributed by atoms with Crippen LogP contribution >= 0.6 is 11.6 Å². The SMILES string of the molecule is Cc1ccc2oc(C(=O)Cc3ccccc3Cl)cc2c1. The first-order valence-electron chi connectivity index (χ1n) is 6.40. The molecule has 0 saturated heterocycles. The van der Waals surface area contributed by atoms with Gasteiger partial charge in [0, 0.05) is 16.8 Å². The fourth-order valence-corrected chi connectivity index (χ4v) is 2.40. The molecule has 1 aromatic heterocycles. The summed E-state index contributed by atoms with van der Waals surface area (Å²) >= 11 is 6.07. The quantitative estimate of drug-likeness (QED) is 0.646. The average Bonchev–Trinajstić information content (AvgIpc) is 2.84. The number of aryl methyl sites for hydroxylation is 1. The van der Waals surface area contributed by atoms with Crippen LogP contribution in [0.2, 0.25) is 5.02 Å². The van der Waals surface area contributed by atoms with E-state index in [0.717, 1.165) is 22.1 Å². The minimum absolute atomic E-state index is 0.0630. The maximum absolute atomic E-state index is 12.3. The number of hydrogen-bond donors (Lipinski definition) is 0. The lowest BCUT2D eigenvalue weighted by Gasteiger charge is -2.01. The maximum Gasteiger partial charge on any atom is 0.202 e. The summed E-state index contributed by atoms with van der Waals surface area (Å²) in [5.74, 6) is 0.317. The van der Waals surface area contributed by atoms with Gasteiger partial charge < -0.3 is 4.42 Å². The molecule has 3 heteroatoms. The smallest absolute Gasteiger partial charge is 0.202 e. The summed E-state index contributed by atoms with van der Waals surface area (Å²) in [5, 5.41) is 1.56. The summed E-state index contributed by atoms with van der Waals surface area (Å²) in [6.45, 7) is 2.01. The van der Waals surface area contributed by atoms with E-state index in [-0.39, 0.29) is 12.2 Å². The Morgan fingerprint density at radius 1 is 1.15 bits per heavy atom. The van der Waals surface area contributed by atoms with Crippen LogP contribution in [0.4, 0.5) is 0 Å². The fourth-order valence-electron chi connectivity index (χ4n) is 2.20. The van der Waals surface area contributed by atoms with E-state index < -0.39 is 0 Å². The highest BCUT2D eigenvalue weighted by Crippen LogP contribution is 2.23. The summed E-state index contributed by atoms with van der Waals surface area (Å²) in [6, 6.07) is 15.0. The number of Topliss-reactive ketones (excluding diaryl/α,β-unsaturated/α-hetero) is 1. The molecule has 0 aliphatic heterocycles. The lowest BCUT2D eigenvalue weighted by atomic mass is 10.1. The third-order valence-corrected chi connectivity index (χ3v) is 3.62. The van der Waals surface area contributed by atoms with E-state index in [0.29, 0.717) is 10.8 Å². The Balaban J connectivity index is 1.91. The van der Waals surface area contributed by atoms with Crippen molar-refractivity contribution in [3.8, 4) is 0 Å². The van der Waals surface area contributed by atoms with Crippen molar-refractivity contribution in [1.29, 1.82) is 0 Å². The summed E-state index contributed by atoms with van der Waals surface area (Å²) in [5.41, 5.74) is 2.69. The number of furan rings is 1. The minimum Gasteiger partial charge on any atom is -0.453 e. The van der Waals surface area contributed by atoms with Gasteiger partial charge in [-0.25, -0.2) is 0 Å². The second-order valence-electron chi connectivity index (χ2n) is 4.84. The molecule has 0 radical (unpaired) electrons. The molecule has 20 heavy (non-hydrogen) atoms. The van der Waals surface area contributed by atoms with Gasteiger partial charge in [-0.2, -0.15) is 0 Å². The molecule has 0 N–H and O–H groups in total. The second-order valence-corrected chi connectivity index (χ2v) is 5.25. The van der Waals surface area contributed by atoms with Gasteiger partial charge in [-0.1, -0.05) is 41.4 Å². The van der Waals surface area contributed by atoms with E-state index >= 15 is 0 Å². The number of benzene rings is 2. The van der Waals surface area contributed by atoms with E-state index in [1.54, 1.807) is 12.1 Å². The molecule has 3 rings (SSSR count). The number of hydrogen-bond acceptors (Lipinski definition) is 2. The van der Waals surface area contributed by atoms with E-state index in [2.05, 4.69) is 0 Å². The number of ketones is 1. The highest BCUT2D eigenvalue weighted by Gasteiger charge is 2.14. The molecule has 0 amide bonds. The fraction of sp³-hybridized carbons (Fsp3) is 0.118. The van der Waals surface area contributed by atoms with E-state index in [9.17, 15) is 4.79 Å². The lowest BCUT2D eigenvalue weighted by molar-refractivity contribution is 0.0968. The molecule has 2 aromatic carbocycles. The Bertz CT molecular complexity index is 787. The molecule has 0 saturated carbocycles. The second kappa shape index (κ2) is 5.14. The highest BCUT2D eigenvalue weighted by molar-refractivity contribution is 6.31. The zero-order valence-corrected chi connectivity index (χ0v) is 11.8. The molecule has 0 aliphatic rings. The topological polar surface area (TPSA) is 30.2 Å². The molecule has 0 atom stereocenters. The van der Waals surface area contributed by atoms with Crippen molar-refractivity contribution in [2.45, 2.75) is 13.3 Å². The standard InChI is InChI=1S/C17H13ClO2/c1-11-6-7-16-13(8-11)10-17(20-16)15(19)9-12-4-2-3-5-14(12)18/h2-8,10H,9H2,1H3. The Hall–Kier alpha value is -2.06. The number of fused-ring (bicyclic) bond motifs is 1. The van der Waals surface area contributed by atoms with Crippen molar-refractivity contribution in [2.75, 3.05) is 0 Å². The average molecular weight is 285 g/mol. The van der Waals surface area contributed by atoms with Gasteiger partial charge in [0.15, 0.2) is 5.76 Å². The first-order chi connectivity index (χ1) is 9.63. The molecule has 3 aromatic rings. The van der Waals surface area contributed by atoms with E-state index in [4.69, 9.17) is 16.0 Å². The van der Waals surface area contributed by atoms with Crippen LogP contribution in [0.15, 0.2) is 52.9 Å². The summed E-state index contributed by atoms with van der Waals surface area (Å²) < 4.78 is 5.60. The van der Waals surface area contributed by atoms with Crippen LogP contribution in [0, 0.1) is 6.92 Å². The maximum atomic E-state index is 12.3. The van der Waals surface area contributed by atoms with E-state index in [1.807, 2.05) is 43.3 Å². The molecule has 1 heterocycles. The Morgan fingerprint density at radius 3 is 2.75 bits per heavy atom. The third-order valence-electron chi connectivity index (χ3n) is 3.26. The Kier molecular flexibility index (Phi) is 3.33. The minimum atomic E-state index is -0.0630. The van der Waals surface area contributed by atoms with Gasteiger partial charge in [-0.05, 0) is 36.8 Å². The summed E-state index contributed by atoms with van der Waals surface area (Å²) in [6.07, 6.45) is 0.248. The van der Waals surface area contributed by atoms with Gasteiger partial charge >= 0.3 is 0 Å². The molecule has 0 unspecified atom stereocenters. The summed E-state index contributed by atoms with van der Waals surface area (Å²) in [7, 11) is 0. The van der Waals surface area contributed by atoms with Crippen LogP contribution in [-0.2, 0) is 6.42 Å². The monoisotopic (exact) mass is 284 g/mol. The van der Waals surface area contributed by atoms with Crippen molar-refractivity contribution in [3.63, 3.8) is 0 Å². The Labute approximate surface area is 122 Å². The highest BCUT2D eigenvalue weighted by atomic mass is 35.5. The van der Waals surface area contributed by atoms with Crippen molar-refractivity contribution >= 4 is 28.4 Å². The van der Waals surface area contributed by atoms with Crippen LogP contribution in [-0.4, -0.2) is 5.78 Å². The van der Waals surface area contributed by atoms with E-state index in [1.165, 1.54) is 0 Å². The number of carbonyl (C=O) groups excluding carboxylic acids is 1. The van der Waals surface area contributed by atoms with Gasteiger partial charge in [-0.15, -0.1) is 0 Å². The van der Waals surface area contributed by atoms with Crippen LogP contribution < -0.4 is 0 Å². The largest absolute Gasteiger partial charge is 0.453 e. The van der Waals surface area contributed by atoms with Gasteiger partial charge in [0.1, 0.15) is 5.58 Å². The van der Waals surface area contributed by atoms with Crippen molar-refractivity contribution < 1.29 is 9.21 Å². The first kappa shape index (κ1) is 12.9. The van der Waals surface area contributed by atoms with Gasteiger partial charge in [0.05, 0.1) is 0 Å². The molecule has 0 fully saturated rings. The number of halogens is 1. The zero-order chi connectivity index (χ0) is 14.1. The van der Waals surface area contributed by atoms with Crippen molar-refractivity contribution in [2.24, 2.45) is 0 Å². The zero-order valence-electron chi connectivity index (χ0n) is 11.0. The molecular weight excluding hydrogens is 272 g/mol.